The fourth-order valence-corrected chi connectivity index (χ4v) is 2.27. The molecular weight excluding hydrogens is 255 g/mol. The largest absolute Gasteiger partial charge is 0.335 e. The third kappa shape index (κ3) is 4.30. The highest BCUT2D eigenvalue weighted by Crippen LogP contribution is 2.29. The first-order valence-corrected chi connectivity index (χ1v) is 7.34. The first kappa shape index (κ1) is 15.0. The van der Waals surface area contributed by atoms with Crippen LogP contribution in [0.15, 0.2) is 24.3 Å². The van der Waals surface area contributed by atoms with Gasteiger partial charge in [0.1, 0.15) is 5.82 Å². The van der Waals surface area contributed by atoms with Gasteiger partial charge in [-0.25, -0.2) is 4.39 Å². The number of carbonyl (C=O) groups excluding carboxylic acids is 1. The van der Waals surface area contributed by atoms with Crippen LogP contribution in [-0.4, -0.2) is 23.4 Å². The molecule has 1 aliphatic rings. The van der Waals surface area contributed by atoms with E-state index in [4.69, 9.17) is 5.73 Å². The maximum Gasteiger partial charge on any atom is 0.223 e. The summed E-state index contributed by atoms with van der Waals surface area (Å²) in [5, 5.41) is 0. The van der Waals surface area contributed by atoms with Crippen LogP contribution in [0.25, 0.3) is 0 Å². The minimum absolute atomic E-state index is 0.164. The zero-order chi connectivity index (χ0) is 14.5. The van der Waals surface area contributed by atoms with Gasteiger partial charge in [-0.2, -0.15) is 0 Å². The minimum Gasteiger partial charge on any atom is -0.335 e. The van der Waals surface area contributed by atoms with Gasteiger partial charge in [-0.05, 0) is 49.4 Å². The van der Waals surface area contributed by atoms with E-state index in [-0.39, 0.29) is 11.7 Å². The van der Waals surface area contributed by atoms with Crippen LogP contribution < -0.4 is 5.73 Å². The van der Waals surface area contributed by atoms with Gasteiger partial charge >= 0.3 is 0 Å². The second-order valence-electron chi connectivity index (χ2n) is 5.76. The van der Waals surface area contributed by atoms with Crippen LogP contribution in [0.3, 0.4) is 0 Å². The number of rotatable bonds is 7. The van der Waals surface area contributed by atoms with Gasteiger partial charge in [0.2, 0.25) is 5.91 Å². The van der Waals surface area contributed by atoms with Gasteiger partial charge in [0.15, 0.2) is 0 Å². The fourth-order valence-electron chi connectivity index (χ4n) is 2.27. The molecule has 0 saturated heterocycles. The maximum atomic E-state index is 13.2. The summed E-state index contributed by atoms with van der Waals surface area (Å²) in [7, 11) is 0. The van der Waals surface area contributed by atoms with Crippen LogP contribution in [0.4, 0.5) is 4.39 Å². The molecule has 20 heavy (non-hydrogen) atoms. The zero-order valence-electron chi connectivity index (χ0n) is 12.0. The van der Waals surface area contributed by atoms with Crippen molar-refractivity contribution in [2.24, 2.45) is 11.7 Å². The van der Waals surface area contributed by atoms with Crippen LogP contribution in [-0.2, 0) is 11.3 Å². The highest BCUT2D eigenvalue weighted by Gasteiger charge is 2.32. The van der Waals surface area contributed by atoms with E-state index in [9.17, 15) is 9.18 Å². The van der Waals surface area contributed by atoms with E-state index in [1.165, 1.54) is 12.1 Å². The van der Waals surface area contributed by atoms with E-state index in [0.717, 1.165) is 24.8 Å². The fraction of sp³-hybridized carbons (Fsp3) is 0.562. The van der Waals surface area contributed by atoms with Gasteiger partial charge in [-0.1, -0.05) is 19.1 Å². The van der Waals surface area contributed by atoms with Crippen LogP contribution in [0.1, 0.15) is 38.2 Å². The Morgan fingerprint density at radius 2 is 2.25 bits per heavy atom. The second-order valence-corrected chi connectivity index (χ2v) is 5.76. The third-order valence-electron chi connectivity index (χ3n) is 3.80. The average Bonchev–Trinajstić information content (AvgIpc) is 3.26. The molecule has 0 radical (unpaired) electrons. The van der Waals surface area contributed by atoms with Gasteiger partial charge < -0.3 is 10.6 Å². The molecule has 1 aliphatic carbocycles. The summed E-state index contributed by atoms with van der Waals surface area (Å²) in [5.74, 6) is 0.286. The monoisotopic (exact) mass is 278 g/mol. The third-order valence-corrected chi connectivity index (χ3v) is 3.80. The number of hydrogen-bond acceptors (Lipinski definition) is 2. The lowest BCUT2D eigenvalue weighted by atomic mass is 10.1. The Hall–Kier alpha value is -1.42. The summed E-state index contributed by atoms with van der Waals surface area (Å²) in [6.07, 6.45) is 3.48. The maximum absolute atomic E-state index is 13.2. The lowest BCUT2D eigenvalue weighted by molar-refractivity contribution is -0.132. The molecule has 0 bridgehead atoms. The summed E-state index contributed by atoms with van der Waals surface area (Å²) >= 11 is 0. The lowest BCUT2D eigenvalue weighted by Crippen LogP contribution is -2.33. The normalized spacial score (nSPS) is 15.9. The van der Waals surface area contributed by atoms with Crippen molar-refractivity contribution in [2.75, 3.05) is 6.54 Å². The summed E-state index contributed by atoms with van der Waals surface area (Å²) < 4.78 is 13.2. The quantitative estimate of drug-likeness (QED) is 0.833. The topological polar surface area (TPSA) is 46.3 Å². The molecule has 1 saturated carbocycles. The number of nitrogens with two attached hydrogens (primary N) is 1. The second kappa shape index (κ2) is 6.84. The number of benzene rings is 1. The van der Waals surface area contributed by atoms with Crippen LogP contribution in [0.2, 0.25) is 0 Å². The summed E-state index contributed by atoms with van der Waals surface area (Å²) in [5.41, 5.74) is 6.44. The van der Waals surface area contributed by atoms with Crippen molar-refractivity contribution in [1.82, 2.24) is 4.90 Å². The van der Waals surface area contributed by atoms with E-state index in [1.807, 2.05) is 11.0 Å². The van der Waals surface area contributed by atoms with Crippen molar-refractivity contribution in [1.29, 1.82) is 0 Å². The van der Waals surface area contributed by atoms with Gasteiger partial charge in [0.25, 0.3) is 0 Å². The molecule has 1 fully saturated rings. The number of halogens is 1. The molecule has 110 valence electrons. The zero-order valence-corrected chi connectivity index (χ0v) is 12.0. The van der Waals surface area contributed by atoms with Crippen molar-refractivity contribution >= 4 is 5.91 Å². The van der Waals surface area contributed by atoms with E-state index < -0.39 is 0 Å². The molecule has 3 nitrogen and oxygen atoms in total. The Balaban J connectivity index is 1.95. The standard InChI is InChI=1S/C16H23FN2O/c1-12(10-18)5-8-16(20)19(15-6-7-15)11-13-3-2-4-14(17)9-13/h2-4,9,12,15H,5-8,10-11,18H2,1H3. The molecule has 1 aromatic carbocycles. The van der Waals surface area contributed by atoms with Crippen molar-refractivity contribution in [3.63, 3.8) is 0 Å². The van der Waals surface area contributed by atoms with Crippen molar-refractivity contribution in [2.45, 2.75) is 45.2 Å². The molecule has 4 heteroatoms. The molecule has 2 N–H and O–H groups in total. The van der Waals surface area contributed by atoms with Gasteiger partial charge in [0.05, 0.1) is 0 Å². The van der Waals surface area contributed by atoms with E-state index in [0.29, 0.717) is 31.5 Å². The number of carbonyl (C=O) groups is 1. The predicted octanol–water partition coefficient (Wildman–Crippen LogP) is 2.69. The average molecular weight is 278 g/mol. The highest BCUT2D eigenvalue weighted by molar-refractivity contribution is 5.76. The molecule has 0 aliphatic heterocycles. The lowest BCUT2D eigenvalue weighted by Gasteiger charge is -2.23. The van der Waals surface area contributed by atoms with Gasteiger partial charge in [-0.3, -0.25) is 4.79 Å². The minimum atomic E-state index is -0.248. The number of nitrogens with zero attached hydrogens (tertiary/aromatic N) is 1. The summed E-state index contributed by atoms with van der Waals surface area (Å²) in [4.78, 5) is 14.2. The molecule has 0 aromatic heterocycles. The van der Waals surface area contributed by atoms with Crippen LogP contribution in [0, 0.1) is 11.7 Å². The molecule has 0 spiro atoms. The molecule has 2 rings (SSSR count). The summed E-state index contributed by atoms with van der Waals surface area (Å²) in [6.45, 7) is 3.18. The van der Waals surface area contributed by atoms with Gasteiger partial charge in [-0.15, -0.1) is 0 Å². The first-order valence-electron chi connectivity index (χ1n) is 7.34. The molecule has 0 heterocycles. The molecular formula is C16H23FN2O. The van der Waals surface area contributed by atoms with Crippen molar-refractivity contribution in [3.8, 4) is 0 Å². The highest BCUT2D eigenvalue weighted by atomic mass is 19.1. The molecule has 1 aromatic rings. The Bertz CT molecular complexity index is 460. The van der Waals surface area contributed by atoms with E-state index >= 15 is 0 Å². The predicted molar refractivity (Wildman–Crippen MR) is 77.4 cm³/mol. The van der Waals surface area contributed by atoms with E-state index in [2.05, 4.69) is 6.92 Å². The van der Waals surface area contributed by atoms with Crippen molar-refractivity contribution < 1.29 is 9.18 Å². The van der Waals surface area contributed by atoms with Gasteiger partial charge in [0, 0.05) is 19.0 Å². The summed E-state index contributed by atoms with van der Waals surface area (Å²) in [6, 6.07) is 6.84. The molecule has 1 amide bonds. The molecule has 1 atom stereocenters. The Morgan fingerprint density at radius 3 is 2.85 bits per heavy atom. The van der Waals surface area contributed by atoms with Crippen molar-refractivity contribution in [3.05, 3.63) is 35.6 Å². The number of amides is 1. The first-order chi connectivity index (χ1) is 9.60. The number of hydrogen-bond donors (Lipinski definition) is 1. The Labute approximate surface area is 120 Å². The van der Waals surface area contributed by atoms with E-state index in [1.54, 1.807) is 6.07 Å². The smallest absolute Gasteiger partial charge is 0.223 e. The van der Waals surface area contributed by atoms with Crippen LogP contribution in [0.5, 0.6) is 0 Å². The Morgan fingerprint density at radius 1 is 1.50 bits per heavy atom. The molecule has 1 unspecified atom stereocenters. The SMILES string of the molecule is CC(CN)CCC(=O)N(Cc1cccc(F)c1)C1CC1. The van der Waals surface area contributed by atoms with Crippen LogP contribution >= 0.6 is 0 Å². The Kier molecular flexibility index (Phi) is 5.12.